The van der Waals surface area contributed by atoms with Crippen LogP contribution in [0.1, 0.15) is 18.4 Å². The van der Waals surface area contributed by atoms with E-state index in [-0.39, 0.29) is 6.10 Å². The number of nitrogens with zero attached hydrogens (tertiary/aromatic N) is 1. The highest BCUT2D eigenvalue weighted by Gasteiger charge is 2.17. The average Bonchev–Trinajstić information content (AvgIpc) is 3.24. The third-order valence-corrected chi connectivity index (χ3v) is 3.98. The van der Waals surface area contributed by atoms with Crippen LogP contribution in [0.15, 0.2) is 36.7 Å². The van der Waals surface area contributed by atoms with Crippen LogP contribution in [0.4, 0.5) is 14.9 Å². The number of aryl methyl sites for hydroxylation is 1. The second kappa shape index (κ2) is 8.02. The van der Waals surface area contributed by atoms with E-state index in [2.05, 4.69) is 10.6 Å². The molecule has 3 rings (SSSR count). The van der Waals surface area contributed by atoms with Crippen molar-refractivity contribution in [3.8, 4) is 5.75 Å². The Morgan fingerprint density at radius 2 is 2.32 bits per heavy atom. The van der Waals surface area contributed by atoms with Crippen LogP contribution in [0.2, 0.25) is 0 Å². The van der Waals surface area contributed by atoms with E-state index in [1.54, 1.807) is 0 Å². The zero-order valence-electron chi connectivity index (χ0n) is 14.1. The molecule has 1 aromatic carbocycles. The summed E-state index contributed by atoms with van der Waals surface area (Å²) in [7, 11) is 1.91. The monoisotopic (exact) mass is 347 g/mol. The predicted octanol–water partition coefficient (Wildman–Crippen LogP) is 3.04. The molecule has 2 N–H and O–H groups in total. The van der Waals surface area contributed by atoms with E-state index in [4.69, 9.17) is 9.47 Å². The van der Waals surface area contributed by atoms with Crippen molar-refractivity contribution in [2.24, 2.45) is 7.05 Å². The number of anilines is 1. The number of aromatic nitrogens is 1. The lowest BCUT2D eigenvalue weighted by Crippen LogP contribution is -2.28. The molecule has 0 bridgehead atoms. The summed E-state index contributed by atoms with van der Waals surface area (Å²) < 4.78 is 26.7. The van der Waals surface area contributed by atoms with Crippen LogP contribution in [0, 0.1) is 5.82 Å². The standard InChI is InChI=1S/C18H22FN3O3/c1-22-7-6-13(11-22)10-20-18(23)21-16-9-14(19)4-5-17(16)25-12-15-3-2-8-24-15/h4-7,9,11,15H,2-3,8,10,12H2,1H3,(H2,20,21,23). The number of rotatable bonds is 6. The Bertz CT molecular complexity index is 726. The topological polar surface area (TPSA) is 64.5 Å². The van der Waals surface area contributed by atoms with Crippen LogP contribution in [0.25, 0.3) is 0 Å². The van der Waals surface area contributed by atoms with Gasteiger partial charge in [0.25, 0.3) is 0 Å². The van der Waals surface area contributed by atoms with Gasteiger partial charge in [-0.1, -0.05) is 0 Å². The largest absolute Gasteiger partial charge is 0.489 e. The molecule has 1 aliphatic rings. The van der Waals surface area contributed by atoms with Crippen LogP contribution in [0.5, 0.6) is 5.75 Å². The number of amides is 2. The third-order valence-electron chi connectivity index (χ3n) is 3.98. The van der Waals surface area contributed by atoms with Crippen molar-refractivity contribution in [1.82, 2.24) is 9.88 Å². The molecule has 1 aliphatic heterocycles. The Labute approximate surface area is 145 Å². The molecule has 1 unspecified atom stereocenters. The Morgan fingerprint density at radius 3 is 3.04 bits per heavy atom. The highest BCUT2D eigenvalue weighted by Crippen LogP contribution is 2.26. The van der Waals surface area contributed by atoms with Gasteiger partial charge in [-0.15, -0.1) is 0 Å². The highest BCUT2D eigenvalue weighted by atomic mass is 19.1. The van der Waals surface area contributed by atoms with Crippen molar-refractivity contribution in [3.63, 3.8) is 0 Å². The van der Waals surface area contributed by atoms with Crippen molar-refractivity contribution < 1.29 is 18.7 Å². The molecule has 2 aromatic rings. The lowest BCUT2D eigenvalue weighted by Gasteiger charge is -2.15. The summed E-state index contributed by atoms with van der Waals surface area (Å²) in [6, 6.07) is 5.55. The first-order valence-corrected chi connectivity index (χ1v) is 8.30. The van der Waals surface area contributed by atoms with Crippen molar-refractivity contribution >= 4 is 11.7 Å². The molecular weight excluding hydrogens is 325 g/mol. The summed E-state index contributed by atoms with van der Waals surface area (Å²) in [5.74, 6) is -0.0189. The fourth-order valence-electron chi connectivity index (χ4n) is 2.70. The van der Waals surface area contributed by atoms with Crippen LogP contribution in [-0.4, -0.2) is 29.9 Å². The first-order valence-electron chi connectivity index (χ1n) is 8.30. The van der Waals surface area contributed by atoms with Crippen LogP contribution < -0.4 is 15.4 Å². The highest BCUT2D eigenvalue weighted by molar-refractivity contribution is 5.90. The van der Waals surface area contributed by atoms with Gasteiger partial charge >= 0.3 is 6.03 Å². The smallest absolute Gasteiger partial charge is 0.319 e. The summed E-state index contributed by atoms with van der Waals surface area (Å²) in [5, 5.41) is 5.38. The van der Waals surface area contributed by atoms with Gasteiger partial charge < -0.3 is 24.7 Å². The molecule has 134 valence electrons. The van der Waals surface area contributed by atoms with E-state index in [9.17, 15) is 9.18 Å². The third kappa shape index (κ3) is 4.96. The van der Waals surface area contributed by atoms with Crippen molar-refractivity contribution in [1.29, 1.82) is 0 Å². The number of hydrogen-bond acceptors (Lipinski definition) is 3. The molecular formula is C18H22FN3O3. The molecule has 1 saturated heterocycles. The molecule has 0 spiro atoms. The van der Waals surface area contributed by atoms with Gasteiger partial charge in [0.2, 0.25) is 0 Å². The van der Waals surface area contributed by atoms with Gasteiger partial charge in [-0.2, -0.15) is 0 Å². The van der Waals surface area contributed by atoms with Gasteiger partial charge in [0.1, 0.15) is 18.2 Å². The van der Waals surface area contributed by atoms with Gasteiger partial charge in [-0.05, 0) is 36.6 Å². The minimum Gasteiger partial charge on any atom is -0.489 e. The molecule has 1 atom stereocenters. The number of nitrogens with one attached hydrogen (secondary N) is 2. The molecule has 7 heteroatoms. The Balaban J connectivity index is 1.57. The van der Waals surface area contributed by atoms with E-state index in [1.165, 1.54) is 18.2 Å². The number of urea groups is 1. The summed E-state index contributed by atoms with van der Waals surface area (Å²) in [6.07, 6.45) is 5.83. The van der Waals surface area contributed by atoms with Crippen LogP contribution >= 0.6 is 0 Å². The fourth-order valence-corrected chi connectivity index (χ4v) is 2.70. The van der Waals surface area contributed by atoms with E-state index >= 15 is 0 Å². The first-order chi connectivity index (χ1) is 12.1. The van der Waals surface area contributed by atoms with Gasteiger partial charge in [-0.3, -0.25) is 0 Å². The number of halogens is 1. The molecule has 2 heterocycles. The van der Waals surface area contributed by atoms with Crippen molar-refractivity contribution in [2.45, 2.75) is 25.5 Å². The summed E-state index contributed by atoms with van der Waals surface area (Å²) in [4.78, 5) is 12.1. The number of carbonyl (C=O) groups is 1. The normalized spacial score (nSPS) is 16.6. The van der Waals surface area contributed by atoms with Crippen molar-refractivity contribution in [2.75, 3.05) is 18.5 Å². The predicted molar refractivity (Wildman–Crippen MR) is 92.1 cm³/mol. The minimum atomic E-state index is -0.442. The maximum atomic E-state index is 13.5. The molecule has 1 aromatic heterocycles. The second-order valence-corrected chi connectivity index (χ2v) is 6.08. The summed E-state index contributed by atoms with van der Waals surface area (Å²) >= 11 is 0. The molecule has 1 fully saturated rings. The maximum absolute atomic E-state index is 13.5. The Kier molecular flexibility index (Phi) is 5.55. The van der Waals surface area contributed by atoms with Gasteiger partial charge in [-0.25, -0.2) is 9.18 Å². The van der Waals surface area contributed by atoms with E-state index in [0.717, 1.165) is 25.0 Å². The van der Waals surface area contributed by atoms with E-state index < -0.39 is 11.8 Å². The quantitative estimate of drug-likeness (QED) is 0.844. The lowest BCUT2D eigenvalue weighted by molar-refractivity contribution is 0.0682. The molecule has 0 aliphatic carbocycles. The molecule has 0 radical (unpaired) electrons. The van der Waals surface area contributed by atoms with Gasteiger partial charge in [0.15, 0.2) is 0 Å². The van der Waals surface area contributed by atoms with Gasteiger partial charge in [0, 0.05) is 38.7 Å². The second-order valence-electron chi connectivity index (χ2n) is 6.08. The SMILES string of the molecule is Cn1ccc(CNC(=O)Nc2cc(F)ccc2OCC2CCCO2)c1. The molecule has 2 amide bonds. The number of ether oxygens (including phenoxy) is 2. The van der Waals surface area contributed by atoms with Gasteiger partial charge in [0.05, 0.1) is 11.8 Å². The maximum Gasteiger partial charge on any atom is 0.319 e. The molecule has 25 heavy (non-hydrogen) atoms. The van der Waals surface area contributed by atoms with E-state index in [0.29, 0.717) is 24.6 Å². The van der Waals surface area contributed by atoms with Crippen LogP contribution in [-0.2, 0) is 18.3 Å². The summed E-state index contributed by atoms with van der Waals surface area (Å²) in [5.41, 5.74) is 1.27. The number of carbonyl (C=O) groups excluding carboxylic acids is 1. The number of benzene rings is 1. The first kappa shape index (κ1) is 17.3. The molecule has 0 saturated carbocycles. The van der Waals surface area contributed by atoms with Crippen LogP contribution in [0.3, 0.4) is 0 Å². The Hall–Kier alpha value is -2.54. The zero-order chi connectivity index (χ0) is 17.6. The Morgan fingerprint density at radius 1 is 1.44 bits per heavy atom. The summed E-state index contributed by atoms with van der Waals surface area (Å²) in [6.45, 7) is 1.50. The minimum absolute atomic E-state index is 0.0461. The lowest BCUT2D eigenvalue weighted by atomic mass is 10.2. The fraction of sp³-hybridized carbons (Fsp3) is 0.389. The average molecular weight is 347 g/mol. The van der Waals surface area contributed by atoms with Crippen molar-refractivity contribution in [3.05, 3.63) is 48.0 Å². The number of hydrogen-bond donors (Lipinski definition) is 2. The molecule has 6 nitrogen and oxygen atoms in total. The van der Waals surface area contributed by atoms with E-state index in [1.807, 2.05) is 30.1 Å². The zero-order valence-corrected chi connectivity index (χ0v) is 14.1.